The Kier molecular flexibility index (Phi) is 4.89. The van der Waals surface area contributed by atoms with Crippen LogP contribution in [-0.4, -0.2) is 55.8 Å². The molecular weight excluding hydrogens is 300 g/mol. The van der Waals surface area contributed by atoms with Crippen LogP contribution < -0.4 is 5.32 Å². The second-order valence-corrected chi connectivity index (χ2v) is 5.24. The Morgan fingerprint density at radius 3 is 2.78 bits per heavy atom. The summed E-state index contributed by atoms with van der Waals surface area (Å²) in [6.07, 6.45) is 0. The highest BCUT2D eigenvalue weighted by atomic mass is 16.4. The molecule has 0 spiro atoms. The van der Waals surface area contributed by atoms with Crippen molar-refractivity contribution in [1.82, 2.24) is 25.1 Å². The van der Waals surface area contributed by atoms with Crippen molar-refractivity contribution in [2.45, 2.75) is 13.8 Å². The first kappa shape index (κ1) is 16.4. The second-order valence-electron chi connectivity index (χ2n) is 5.24. The van der Waals surface area contributed by atoms with Crippen molar-refractivity contribution < 1.29 is 14.7 Å². The number of carbonyl (C=O) groups is 2. The fourth-order valence-corrected chi connectivity index (χ4v) is 1.98. The van der Waals surface area contributed by atoms with Crippen molar-refractivity contribution in [3.63, 3.8) is 0 Å². The second kappa shape index (κ2) is 6.86. The van der Waals surface area contributed by atoms with E-state index in [1.165, 1.54) is 4.90 Å². The number of carboxylic acid groups (broad SMARTS) is 1. The zero-order chi connectivity index (χ0) is 17.0. The predicted octanol–water partition coefficient (Wildman–Crippen LogP) is 1.16. The quantitative estimate of drug-likeness (QED) is 0.855. The van der Waals surface area contributed by atoms with Gasteiger partial charge < -0.3 is 15.3 Å². The fraction of sp³-hybridized carbons (Fsp3) is 0.357. The molecule has 1 atom stereocenters. The van der Waals surface area contributed by atoms with E-state index in [4.69, 9.17) is 5.11 Å². The Balaban J connectivity index is 2.07. The third-order valence-corrected chi connectivity index (χ3v) is 3.28. The van der Waals surface area contributed by atoms with Gasteiger partial charge in [-0.15, -0.1) is 5.10 Å². The number of aliphatic carboxylic acids is 1. The standard InChI is InChI=1S/C14H18N6O3/c1-9(13(21)22)8-19(3)14(23)15-11-5-4-6-12(7-11)20-10(2)16-17-18-20/h4-7,9H,8H2,1-3H3,(H,15,23)(H,21,22). The molecule has 9 nitrogen and oxygen atoms in total. The number of tetrazole rings is 1. The van der Waals surface area contributed by atoms with Crippen LogP contribution in [0.2, 0.25) is 0 Å². The van der Waals surface area contributed by atoms with Crippen molar-refractivity contribution in [3.8, 4) is 5.69 Å². The van der Waals surface area contributed by atoms with Crippen LogP contribution in [0.15, 0.2) is 24.3 Å². The first-order valence-electron chi connectivity index (χ1n) is 6.99. The molecule has 0 bridgehead atoms. The zero-order valence-electron chi connectivity index (χ0n) is 13.1. The van der Waals surface area contributed by atoms with Crippen LogP contribution in [0.1, 0.15) is 12.7 Å². The Bertz CT molecular complexity index is 714. The minimum Gasteiger partial charge on any atom is -0.481 e. The smallest absolute Gasteiger partial charge is 0.321 e. The van der Waals surface area contributed by atoms with E-state index < -0.39 is 11.9 Å². The molecule has 0 aliphatic heterocycles. The van der Waals surface area contributed by atoms with Gasteiger partial charge in [0.1, 0.15) is 0 Å². The minimum atomic E-state index is -0.944. The molecule has 1 unspecified atom stereocenters. The van der Waals surface area contributed by atoms with Gasteiger partial charge in [-0.2, -0.15) is 4.68 Å². The first-order valence-corrected chi connectivity index (χ1v) is 6.99. The third-order valence-electron chi connectivity index (χ3n) is 3.28. The number of amides is 2. The molecule has 2 rings (SSSR count). The molecule has 0 aliphatic carbocycles. The van der Waals surface area contributed by atoms with Gasteiger partial charge in [0, 0.05) is 19.3 Å². The lowest BCUT2D eigenvalue weighted by molar-refractivity contribution is -0.141. The maximum Gasteiger partial charge on any atom is 0.321 e. The highest BCUT2D eigenvalue weighted by Gasteiger charge is 2.17. The average molecular weight is 318 g/mol. The van der Waals surface area contributed by atoms with E-state index in [9.17, 15) is 9.59 Å². The van der Waals surface area contributed by atoms with Gasteiger partial charge in [0.05, 0.1) is 11.6 Å². The Hall–Kier alpha value is -2.97. The van der Waals surface area contributed by atoms with Crippen LogP contribution in [0, 0.1) is 12.8 Å². The van der Waals surface area contributed by atoms with Crippen LogP contribution in [0.4, 0.5) is 10.5 Å². The molecule has 0 radical (unpaired) electrons. The summed E-state index contributed by atoms with van der Waals surface area (Å²) in [4.78, 5) is 24.3. The number of aryl methyl sites for hydroxylation is 1. The molecule has 1 heterocycles. The molecule has 2 aromatic rings. The van der Waals surface area contributed by atoms with Crippen LogP contribution in [0.5, 0.6) is 0 Å². The molecule has 1 aromatic heterocycles. The number of anilines is 1. The topological polar surface area (TPSA) is 113 Å². The lowest BCUT2D eigenvalue weighted by Crippen LogP contribution is -2.36. The molecule has 122 valence electrons. The molecule has 9 heteroatoms. The number of carbonyl (C=O) groups excluding carboxylic acids is 1. The molecule has 2 N–H and O–H groups in total. The number of urea groups is 1. The summed E-state index contributed by atoms with van der Waals surface area (Å²) in [6, 6.07) is 6.66. The first-order chi connectivity index (χ1) is 10.9. The molecule has 0 saturated carbocycles. The van der Waals surface area contributed by atoms with Gasteiger partial charge in [-0.25, -0.2) is 4.79 Å². The SMILES string of the molecule is Cc1nnnn1-c1cccc(NC(=O)N(C)CC(C)C(=O)O)c1. The summed E-state index contributed by atoms with van der Waals surface area (Å²) in [5.41, 5.74) is 1.28. The summed E-state index contributed by atoms with van der Waals surface area (Å²) >= 11 is 0. The summed E-state index contributed by atoms with van der Waals surface area (Å²) in [5, 5.41) is 22.9. The maximum atomic E-state index is 12.1. The number of benzene rings is 1. The monoisotopic (exact) mass is 318 g/mol. The maximum absolute atomic E-state index is 12.1. The van der Waals surface area contributed by atoms with Crippen molar-refractivity contribution in [2.24, 2.45) is 5.92 Å². The molecule has 0 saturated heterocycles. The van der Waals surface area contributed by atoms with Gasteiger partial charge in [0.2, 0.25) is 0 Å². The summed E-state index contributed by atoms with van der Waals surface area (Å²) in [6.45, 7) is 3.44. The summed E-state index contributed by atoms with van der Waals surface area (Å²) in [7, 11) is 1.55. The van der Waals surface area contributed by atoms with Gasteiger partial charge in [0.25, 0.3) is 0 Å². The number of carboxylic acids is 1. The Labute approximate surface area is 132 Å². The summed E-state index contributed by atoms with van der Waals surface area (Å²) in [5.74, 6) is -0.956. The van der Waals surface area contributed by atoms with E-state index in [0.717, 1.165) is 0 Å². The molecule has 1 aromatic carbocycles. The van der Waals surface area contributed by atoms with Crippen LogP contribution >= 0.6 is 0 Å². The lowest BCUT2D eigenvalue weighted by Gasteiger charge is -2.20. The van der Waals surface area contributed by atoms with Crippen molar-refractivity contribution in [3.05, 3.63) is 30.1 Å². The van der Waals surface area contributed by atoms with Gasteiger partial charge in [-0.3, -0.25) is 4.79 Å². The van der Waals surface area contributed by atoms with Crippen molar-refractivity contribution in [1.29, 1.82) is 0 Å². The van der Waals surface area contributed by atoms with Crippen LogP contribution in [0.3, 0.4) is 0 Å². The number of hydrogen-bond donors (Lipinski definition) is 2. The predicted molar refractivity (Wildman–Crippen MR) is 82.3 cm³/mol. The van der Waals surface area contributed by atoms with E-state index in [1.807, 2.05) is 6.07 Å². The number of hydrogen-bond acceptors (Lipinski definition) is 5. The van der Waals surface area contributed by atoms with Gasteiger partial charge >= 0.3 is 12.0 Å². The highest BCUT2D eigenvalue weighted by molar-refractivity contribution is 5.89. The zero-order valence-corrected chi connectivity index (χ0v) is 13.1. The number of aromatic nitrogens is 4. The molecule has 0 fully saturated rings. The van der Waals surface area contributed by atoms with Gasteiger partial charge in [0.15, 0.2) is 5.82 Å². The lowest BCUT2D eigenvalue weighted by atomic mass is 10.2. The average Bonchev–Trinajstić information content (AvgIpc) is 2.93. The molecule has 23 heavy (non-hydrogen) atoms. The van der Waals surface area contributed by atoms with Crippen LogP contribution in [-0.2, 0) is 4.79 Å². The summed E-state index contributed by atoms with van der Waals surface area (Å²) < 4.78 is 1.55. The van der Waals surface area contributed by atoms with Gasteiger partial charge in [-0.05, 0) is 35.5 Å². The number of nitrogens with zero attached hydrogens (tertiary/aromatic N) is 5. The van der Waals surface area contributed by atoms with E-state index in [-0.39, 0.29) is 12.6 Å². The molecule has 0 aliphatic rings. The third kappa shape index (κ3) is 4.02. The van der Waals surface area contributed by atoms with E-state index in [1.54, 1.807) is 43.8 Å². The van der Waals surface area contributed by atoms with Crippen molar-refractivity contribution in [2.75, 3.05) is 18.9 Å². The number of rotatable bonds is 5. The molecule has 2 amide bonds. The highest BCUT2D eigenvalue weighted by Crippen LogP contribution is 2.15. The minimum absolute atomic E-state index is 0.118. The van der Waals surface area contributed by atoms with Crippen molar-refractivity contribution >= 4 is 17.7 Å². The van der Waals surface area contributed by atoms with Gasteiger partial charge in [-0.1, -0.05) is 13.0 Å². The fourth-order valence-electron chi connectivity index (χ4n) is 1.98. The Morgan fingerprint density at radius 2 is 2.17 bits per heavy atom. The molecular formula is C14H18N6O3. The number of nitrogens with one attached hydrogen (secondary N) is 1. The van der Waals surface area contributed by atoms with Crippen LogP contribution in [0.25, 0.3) is 5.69 Å². The Morgan fingerprint density at radius 1 is 1.43 bits per heavy atom. The van der Waals surface area contributed by atoms with E-state index >= 15 is 0 Å². The van der Waals surface area contributed by atoms with E-state index in [2.05, 4.69) is 20.8 Å². The van der Waals surface area contributed by atoms with E-state index in [0.29, 0.717) is 17.2 Å². The largest absolute Gasteiger partial charge is 0.481 e. The normalized spacial score (nSPS) is 11.8.